The molecule has 1 saturated heterocycles. The summed E-state index contributed by atoms with van der Waals surface area (Å²) in [4.78, 5) is 22.9. The molecule has 1 amide bonds. The van der Waals surface area contributed by atoms with E-state index in [2.05, 4.69) is 20.6 Å². The lowest BCUT2D eigenvalue weighted by atomic mass is 9.89. The Labute approximate surface area is 141 Å². The van der Waals surface area contributed by atoms with E-state index in [1.54, 1.807) is 7.05 Å². The molecular formula is C17H23N5O2. The van der Waals surface area contributed by atoms with Crippen LogP contribution in [-0.2, 0) is 4.79 Å². The van der Waals surface area contributed by atoms with Gasteiger partial charge in [0.25, 0.3) is 0 Å². The quantitative estimate of drug-likeness (QED) is 0.779. The molecule has 24 heavy (non-hydrogen) atoms. The first-order chi connectivity index (χ1) is 11.5. The molecule has 1 aliphatic rings. The minimum atomic E-state index is -1.05. The first kappa shape index (κ1) is 16.4. The van der Waals surface area contributed by atoms with Gasteiger partial charge in [-0.3, -0.25) is 4.79 Å². The van der Waals surface area contributed by atoms with E-state index in [-0.39, 0.29) is 12.3 Å². The number of benzene rings is 1. The van der Waals surface area contributed by atoms with E-state index in [9.17, 15) is 9.90 Å². The largest absolute Gasteiger partial charge is 0.388 e. The summed E-state index contributed by atoms with van der Waals surface area (Å²) in [6.45, 7) is 1.11. The second-order valence-corrected chi connectivity index (χ2v) is 6.24. The van der Waals surface area contributed by atoms with Crippen LogP contribution >= 0.6 is 0 Å². The minimum absolute atomic E-state index is 0.0897. The van der Waals surface area contributed by atoms with Gasteiger partial charge in [-0.2, -0.15) is 4.98 Å². The zero-order valence-corrected chi connectivity index (χ0v) is 14.0. The van der Waals surface area contributed by atoms with Crippen LogP contribution in [0.4, 0.5) is 11.8 Å². The van der Waals surface area contributed by atoms with Crippen molar-refractivity contribution in [1.82, 2.24) is 15.3 Å². The number of fused-ring (bicyclic) bond motifs is 1. The number of β-amino-alcohol motifs (C(OH)–C–C–N with tert-alkyl or cyclic N) is 1. The van der Waals surface area contributed by atoms with Crippen molar-refractivity contribution < 1.29 is 9.90 Å². The molecule has 1 aromatic heterocycles. The lowest BCUT2D eigenvalue weighted by Gasteiger charge is -2.39. The smallest absolute Gasteiger partial charge is 0.227 e. The van der Waals surface area contributed by atoms with Crippen LogP contribution in [0.25, 0.3) is 10.9 Å². The van der Waals surface area contributed by atoms with Crippen molar-refractivity contribution in [2.45, 2.75) is 24.9 Å². The number of carbonyl (C=O) groups excluding carboxylic acids is 1. The Kier molecular flexibility index (Phi) is 4.53. The van der Waals surface area contributed by atoms with Crippen LogP contribution in [0.1, 0.15) is 19.3 Å². The number of hydrogen-bond acceptors (Lipinski definition) is 6. The number of aliphatic hydroxyl groups is 1. The van der Waals surface area contributed by atoms with Gasteiger partial charge in [0, 0.05) is 26.0 Å². The lowest BCUT2D eigenvalue weighted by Crippen LogP contribution is -2.50. The summed E-state index contributed by atoms with van der Waals surface area (Å²) in [5, 5.41) is 17.4. The highest BCUT2D eigenvalue weighted by molar-refractivity contribution is 5.90. The predicted molar refractivity (Wildman–Crippen MR) is 94.2 cm³/mol. The molecule has 128 valence electrons. The molecule has 0 radical (unpaired) electrons. The van der Waals surface area contributed by atoms with Crippen LogP contribution in [0.15, 0.2) is 24.3 Å². The number of carbonyl (C=O) groups is 1. The molecule has 1 unspecified atom stereocenters. The van der Waals surface area contributed by atoms with Crippen molar-refractivity contribution in [3.63, 3.8) is 0 Å². The summed E-state index contributed by atoms with van der Waals surface area (Å²) in [5.74, 6) is 1.18. The van der Waals surface area contributed by atoms with Crippen LogP contribution in [0.5, 0.6) is 0 Å². The summed E-state index contributed by atoms with van der Waals surface area (Å²) in [6.07, 6.45) is 1.48. The molecule has 1 atom stereocenters. The monoisotopic (exact) mass is 329 g/mol. The molecule has 3 rings (SSSR count). The van der Waals surface area contributed by atoms with Crippen LogP contribution in [0.3, 0.4) is 0 Å². The molecule has 7 heteroatoms. The number of aromatic nitrogens is 2. The number of nitrogens with zero attached hydrogens (tertiary/aromatic N) is 3. The molecule has 0 bridgehead atoms. The number of rotatable bonds is 4. The van der Waals surface area contributed by atoms with Gasteiger partial charge in [0.1, 0.15) is 5.82 Å². The SMILES string of the molecule is CNC(=O)CC1(O)CCCN(c2nc(NC)c3ccccc3n2)C1. The number of para-hydroxylation sites is 1. The van der Waals surface area contributed by atoms with Crippen molar-refractivity contribution in [2.75, 3.05) is 37.4 Å². The van der Waals surface area contributed by atoms with Crippen molar-refractivity contribution >= 4 is 28.6 Å². The van der Waals surface area contributed by atoms with E-state index < -0.39 is 5.60 Å². The summed E-state index contributed by atoms with van der Waals surface area (Å²) < 4.78 is 0. The van der Waals surface area contributed by atoms with Gasteiger partial charge in [0.2, 0.25) is 11.9 Å². The second kappa shape index (κ2) is 6.60. The van der Waals surface area contributed by atoms with Crippen LogP contribution in [0.2, 0.25) is 0 Å². The van der Waals surface area contributed by atoms with E-state index in [0.717, 1.165) is 29.7 Å². The second-order valence-electron chi connectivity index (χ2n) is 6.24. The minimum Gasteiger partial charge on any atom is -0.388 e. The zero-order valence-electron chi connectivity index (χ0n) is 14.0. The standard InChI is InChI=1S/C17H23N5O2/c1-18-14(23)10-17(24)8-5-9-22(11-17)16-20-13-7-4-3-6-12(13)15(19-2)21-16/h3-4,6-7,24H,5,8-11H2,1-2H3,(H,18,23)(H,19,20,21). The third-order valence-corrected chi connectivity index (χ3v) is 4.43. The van der Waals surface area contributed by atoms with Gasteiger partial charge in [-0.25, -0.2) is 4.98 Å². The third kappa shape index (κ3) is 3.26. The molecule has 1 fully saturated rings. The first-order valence-corrected chi connectivity index (χ1v) is 8.17. The highest BCUT2D eigenvalue weighted by Gasteiger charge is 2.36. The van der Waals surface area contributed by atoms with Crippen LogP contribution < -0.4 is 15.5 Å². The third-order valence-electron chi connectivity index (χ3n) is 4.43. The molecule has 3 N–H and O–H groups in total. The maximum atomic E-state index is 11.7. The fourth-order valence-corrected chi connectivity index (χ4v) is 3.21. The molecule has 1 aromatic carbocycles. The molecule has 0 saturated carbocycles. The maximum Gasteiger partial charge on any atom is 0.227 e. The molecule has 1 aliphatic heterocycles. The van der Waals surface area contributed by atoms with Gasteiger partial charge >= 0.3 is 0 Å². The average molecular weight is 329 g/mol. The van der Waals surface area contributed by atoms with Gasteiger partial charge in [-0.15, -0.1) is 0 Å². The highest BCUT2D eigenvalue weighted by atomic mass is 16.3. The Hall–Kier alpha value is -2.41. The van der Waals surface area contributed by atoms with Gasteiger partial charge in [0.15, 0.2) is 0 Å². The average Bonchev–Trinajstić information content (AvgIpc) is 2.60. The summed E-state index contributed by atoms with van der Waals surface area (Å²) >= 11 is 0. The Morgan fingerprint density at radius 2 is 2.12 bits per heavy atom. The van der Waals surface area contributed by atoms with E-state index in [4.69, 9.17) is 0 Å². The first-order valence-electron chi connectivity index (χ1n) is 8.17. The fourth-order valence-electron chi connectivity index (χ4n) is 3.21. The lowest BCUT2D eigenvalue weighted by molar-refractivity contribution is -0.125. The number of amides is 1. The van der Waals surface area contributed by atoms with E-state index in [1.807, 2.05) is 36.2 Å². The number of anilines is 2. The molecule has 7 nitrogen and oxygen atoms in total. The van der Waals surface area contributed by atoms with Crippen LogP contribution in [-0.4, -0.2) is 53.8 Å². The highest BCUT2D eigenvalue weighted by Crippen LogP contribution is 2.29. The molecule has 2 aromatic rings. The van der Waals surface area contributed by atoms with Crippen molar-refractivity contribution in [3.05, 3.63) is 24.3 Å². The van der Waals surface area contributed by atoms with E-state index in [1.165, 1.54) is 0 Å². The normalized spacial score (nSPS) is 20.9. The Morgan fingerprint density at radius 1 is 1.33 bits per heavy atom. The molecule has 0 aliphatic carbocycles. The Morgan fingerprint density at radius 3 is 2.88 bits per heavy atom. The van der Waals surface area contributed by atoms with Gasteiger partial charge in [0.05, 0.1) is 24.1 Å². The van der Waals surface area contributed by atoms with Crippen molar-refractivity contribution in [2.24, 2.45) is 0 Å². The summed E-state index contributed by atoms with van der Waals surface area (Å²) in [7, 11) is 3.41. The number of nitrogens with one attached hydrogen (secondary N) is 2. The van der Waals surface area contributed by atoms with E-state index >= 15 is 0 Å². The summed E-state index contributed by atoms with van der Waals surface area (Å²) in [5.41, 5.74) is -0.195. The topological polar surface area (TPSA) is 90.4 Å². The number of hydrogen-bond donors (Lipinski definition) is 3. The van der Waals surface area contributed by atoms with Gasteiger partial charge in [-0.1, -0.05) is 12.1 Å². The van der Waals surface area contributed by atoms with Crippen molar-refractivity contribution in [1.29, 1.82) is 0 Å². The fraction of sp³-hybridized carbons (Fsp3) is 0.471. The van der Waals surface area contributed by atoms with Crippen LogP contribution in [0, 0.1) is 0 Å². The molecule has 2 heterocycles. The predicted octanol–water partition coefficient (Wildman–Crippen LogP) is 1.14. The van der Waals surface area contributed by atoms with E-state index in [0.29, 0.717) is 18.9 Å². The van der Waals surface area contributed by atoms with Gasteiger partial charge in [-0.05, 0) is 25.0 Å². The van der Waals surface area contributed by atoms with Gasteiger partial charge < -0.3 is 20.6 Å². The summed E-state index contributed by atoms with van der Waals surface area (Å²) in [6, 6.07) is 7.82. The Balaban J connectivity index is 1.90. The molecular weight excluding hydrogens is 306 g/mol. The zero-order chi connectivity index (χ0) is 17.2. The number of piperidine rings is 1. The van der Waals surface area contributed by atoms with Crippen molar-refractivity contribution in [3.8, 4) is 0 Å². The molecule has 0 spiro atoms. The Bertz CT molecular complexity index is 751. The maximum absolute atomic E-state index is 11.7.